The highest BCUT2D eigenvalue weighted by Crippen LogP contribution is 2.10. The third-order valence-electron chi connectivity index (χ3n) is 3.91. The highest BCUT2D eigenvalue weighted by Gasteiger charge is 2.19. The molecule has 6 heteroatoms. The maximum Gasteiger partial charge on any atom is 0.309 e. The SMILES string of the molecule is O=C(NCC[C@H]1CCCCN1)C(=O)NC[C@H]1CCCO1. The molecule has 0 aromatic carbocycles. The molecule has 2 atom stereocenters. The summed E-state index contributed by atoms with van der Waals surface area (Å²) in [6, 6.07) is 0.471. The third kappa shape index (κ3) is 5.09. The second-order valence-electron chi connectivity index (χ2n) is 5.54. The molecule has 2 aliphatic heterocycles. The number of amides is 2. The lowest BCUT2D eigenvalue weighted by molar-refractivity contribution is -0.139. The molecule has 3 N–H and O–H groups in total. The van der Waals surface area contributed by atoms with Crippen LogP contribution in [0.15, 0.2) is 0 Å². The molecular weight excluding hydrogens is 258 g/mol. The first-order valence-electron chi connectivity index (χ1n) is 7.66. The summed E-state index contributed by atoms with van der Waals surface area (Å²) >= 11 is 0. The Kier molecular flexibility index (Phi) is 6.26. The standard InChI is InChI=1S/C14H25N3O3/c18-13(14(19)17-10-12-5-3-9-20-12)16-8-6-11-4-1-2-7-15-11/h11-12,15H,1-10H2,(H,16,18)(H,17,19)/t11-,12-/m1/s1. The van der Waals surface area contributed by atoms with Crippen molar-refractivity contribution in [2.75, 3.05) is 26.2 Å². The van der Waals surface area contributed by atoms with Crippen LogP contribution in [0.2, 0.25) is 0 Å². The summed E-state index contributed by atoms with van der Waals surface area (Å²) in [4.78, 5) is 23.2. The Hall–Kier alpha value is -1.14. The Balaban J connectivity index is 1.54. The smallest absolute Gasteiger partial charge is 0.309 e. The maximum absolute atomic E-state index is 11.6. The fourth-order valence-electron chi connectivity index (χ4n) is 2.70. The van der Waals surface area contributed by atoms with Crippen LogP contribution in [0, 0.1) is 0 Å². The number of ether oxygens (including phenoxy) is 1. The molecule has 114 valence electrons. The molecule has 0 aliphatic carbocycles. The molecule has 6 nitrogen and oxygen atoms in total. The van der Waals surface area contributed by atoms with Crippen LogP contribution in [0.3, 0.4) is 0 Å². The first-order valence-corrected chi connectivity index (χ1v) is 7.66. The lowest BCUT2D eigenvalue weighted by Gasteiger charge is -2.23. The normalized spacial score (nSPS) is 26.2. The van der Waals surface area contributed by atoms with E-state index < -0.39 is 11.8 Å². The average Bonchev–Trinajstić information content (AvgIpc) is 2.99. The van der Waals surface area contributed by atoms with Crippen molar-refractivity contribution >= 4 is 11.8 Å². The maximum atomic E-state index is 11.6. The second-order valence-corrected chi connectivity index (χ2v) is 5.54. The predicted molar refractivity (Wildman–Crippen MR) is 75.3 cm³/mol. The van der Waals surface area contributed by atoms with Crippen molar-refractivity contribution in [3.8, 4) is 0 Å². The first kappa shape index (κ1) is 15.3. The predicted octanol–water partition coefficient (Wildman–Crippen LogP) is -0.0700. The van der Waals surface area contributed by atoms with E-state index in [4.69, 9.17) is 4.74 Å². The van der Waals surface area contributed by atoms with E-state index in [0.29, 0.717) is 19.1 Å². The van der Waals surface area contributed by atoms with Crippen molar-refractivity contribution in [3.05, 3.63) is 0 Å². The lowest BCUT2D eigenvalue weighted by atomic mass is 10.0. The van der Waals surface area contributed by atoms with Gasteiger partial charge in [-0.05, 0) is 38.6 Å². The summed E-state index contributed by atoms with van der Waals surface area (Å²) in [6.07, 6.45) is 6.56. The zero-order chi connectivity index (χ0) is 14.2. The van der Waals surface area contributed by atoms with Gasteiger partial charge in [0.05, 0.1) is 6.10 Å². The fraction of sp³-hybridized carbons (Fsp3) is 0.857. The van der Waals surface area contributed by atoms with Gasteiger partial charge in [-0.25, -0.2) is 0 Å². The number of rotatable bonds is 5. The largest absolute Gasteiger partial charge is 0.376 e. The Morgan fingerprint density at radius 1 is 1.10 bits per heavy atom. The molecule has 0 spiro atoms. The van der Waals surface area contributed by atoms with Crippen molar-refractivity contribution < 1.29 is 14.3 Å². The van der Waals surface area contributed by atoms with E-state index in [1.165, 1.54) is 12.8 Å². The van der Waals surface area contributed by atoms with Gasteiger partial charge < -0.3 is 20.7 Å². The highest BCUT2D eigenvalue weighted by molar-refractivity contribution is 6.35. The van der Waals surface area contributed by atoms with E-state index in [1.807, 2.05) is 0 Å². The van der Waals surface area contributed by atoms with Gasteiger partial charge in [0.15, 0.2) is 0 Å². The van der Waals surface area contributed by atoms with Gasteiger partial charge in [-0.15, -0.1) is 0 Å². The number of carbonyl (C=O) groups excluding carboxylic acids is 2. The molecular formula is C14H25N3O3. The van der Waals surface area contributed by atoms with Crippen molar-refractivity contribution in [2.45, 2.75) is 50.7 Å². The van der Waals surface area contributed by atoms with Crippen molar-refractivity contribution in [2.24, 2.45) is 0 Å². The molecule has 0 saturated carbocycles. The van der Waals surface area contributed by atoms with E-state index in [9.17, 15) is 9.59 Å². The topological polar surface area (TPSA) is 79.5 Å². The van der Waals surface area contributed by atoms with Crippen molar-refractivity contribution in [1.82, 2.24) is 16.0 Å². The molecule has 2 fully saturated rings. The second kappa shape index (κ2) is 8.21. The summed E-state index contributed by atoms with van der Waals surface area (Å²) in [5.41, 5.74) is 0. The molecule has 0 aromatic rings. The molecule has 2 aliphatic rings. The number of carbonyl (C=O) groups is 2. The van der Waals surface area contributed by atoms with Crippen LogP contribution in [0.5, 0.6) is 0 Å². The number of nitrogens with one attached hydrogen (secondary N) is 3. The Labute approximate surface area is 120 Å². The quantitative estimate of drug-likeness (QED) is 0.617. The van der Waals surface area contributed by atoms with Gasteiger partial charge in [-0.2, -0.15) is 0 Å². The summed E-state index contributed by atoms with van der Waals surface area (Å²) < 4.78 is 5.39. The average molecular weight is 283 g/mol. The van der Waals surface area contributed by atoms with E-state index in [0.717, 1.165) is 38.8 Å². The molecule has 0 aromatic heterocycles. The van der Waals surface area contributed by atoms with Gasteiger partial charge in [-0.1, -0.05) is 6.42 Å². The molecule has 2 heterocycles. The van der Waals surface area contributed by atoms with Crippen molar-refractivity contribution in [1.29, 1.82) is 0 Å². The lowest BCUT2D eigenvalue weighted by Crippen LogP contribution is -2.44. The molecule has 2 amide bonds. The molecule has 2 saturated heterocycles. The summed E-state index contributed by atoms with van der Waals surface area (Å²) in [5, 5.41) is 8.71. The van der Waals surface area contributed by atoms with Crippen LogP contribution in [0.1, 0.15) is 38.5 Å². The Bertz CT molecular complexity index is 324. The highest BCUT2D eigenvalue weighted by atomic mass is 16.5. The van der Waals surface area contributed by atoms with Crippen LogP contribution >= 0.6 is 0 Å². The number of piperidine rings is 1. The van der Waals surface area contributed by atoms with E-state index in [-0.39, 0.29) is 6.10 Å². The van der Waals surface area contributed by atoms with E-state index >= 15 is 0 Å². The summed E-state index contributed by atoms with van der Waals surface area (Å²) in [7, 11) is 0. The van der Waals surface area contributed by atoms with Crippen LogP contribution in [0.25, 0.3) is 0 Å². The van der Waals surface area contributed by atoms with Crippen LogP contribution in [-0.2, 0) is 14.3 Å². The third-order valence-corrected chi connectivity index (χ3v) is 3.91. The molecule has 0 unspecified atom stereocenters. The van der Waals surface area contributed by atoms with Crippen LogP contribution < -0.4 is 16.0 Å². The minimum atomic E-state index is -0.558. The number of hydrogen-bond acceptors (Lipinski definition) is 4. The molecule has 0 radical (unpaired) electrons. The van der Waals surface area contributed by atoms with Crippen LogP contribution in [-0.4, -0.2) is 50.2 Å². The van der Waals surface area contributed by atoms with Crippen molar-refractivity contribution in [3.63, 3.8) is 0 Å². The van der Waals surface area contributed by atoms with Gasteiger partial charge in [0.1, 0.15) is 0 Å². The fourth-order valence-corrected chi connectivity index (χ4v) is 2.70. The molecule has 20 heavy (non-hydrogen) atoms. The molecule has 2 rings (SSSR count). The van der Waals surface area contributed by atoms with Gasteiger partial charge in [0, 0.05) is 25.7 Å². The van der Waals surface area contributed by atoms with Gasteiger partial charge >= 0.3 is 11.8 Å². The van der Waals surface area contributed by atoms with Gasteiger partial charge in [0.25, 0.3) is 0 Å². The first-order chi connectivity index (χ1) is 9.75. The minimum Gasteiger partial charge on any atom is -0.376 e. The molecule has 0 bridgehead atoms. The summed E-state index contributed by atoms with van der Waals surface area (Å²) in [6.45, 7) is 2.78. The Morgan fingerprint density at radius 3 is 2.65 bits per heavy atom. The van der Waals surface area contributed by atoms with E-state index in [1.54, 1.807) is 0 Å². The van der Waals surface area contributed by atoms with Gasteiger partial charge in [-0.3, -0.25) is 9.59 Å². The number of hydrogen-bond donors (Lipinski definition) is 3. The zero-order valence-corrected chi connectivity index (χ0v) is 12.0. The van der Waals surface area contributed by atoms with E-state index in [2.05, 4.69) is 16.0 Å². The van der Waals surface area contributed by atoms with Crippen LogP contribution in [0.4, 0.5) is 0 Å². The monoisotopic (exact) mass is 283 g/mol. The zero-order valence-electron chi connectivity index (χ0n) is 12.0. The summed E-state index contributed by atoms with van der Waals surface area (Å²) in [5.74, 6) is -1.10. The van der Waals surface area contributed by atoms with Gasteiger partial charge in [0.2, 0.25) is 0 Å². The minimum absolute atomic E-state index is 0.0678. The Morgan fingerprint density at radius 2 is 1.95 bits per heavy atom.